The Bertz CT molecular complexity index is 344. The maximum atomic E-state index is 13.7. The molecule has 0 saturated heterocycles. The van der Waals surface area contributed by atoms with Crippen LogP contribution in [0.3, 0.4) is 0 Å². The van der Waals surface area contributed by atoms with Crippen molar-refractivity contribution in [3.05, 3.63) is 23.7 Å². The van der Waals surface area contributed by atoms with E-state index in [4.69, 9.17) is 9.05 Å². The van der Waals surface area contributed by atoms with Crippen molar-refractivity contribution >= 4 is 7.91 Å². The largest absolute Gasteiger partial charge is 0.628 e. The molecule has 2 aliphatic carbocycles. The van der Waals surface area contributed by atoms with Crippen molar-refractivity contribution in [1.29, 1.82) is 0 Å². The molecule has 0 aromatic carbocycles. The number of halogens is 1. The summed E-state index contributed by atoms with van der Waals surface area (Å²) in [7, 11) is -4.47. The molecule has 2 rings (SSSR count). The van der Waals surface area contributed by atoms with E-state index in [2.05, 4.69) is 0 Å². The molecular formula is C12H18FO3P. The Morgan fingerprint density at radius 3 is 1.76 bits per heavy atom. The third-order valence-corrected chi connectivity index (χ3v) is 3.86. The smallest absolute Gasteiger partial charge is 0.397 e. The molecule has 3 nitrogen and oxygen atoms in total. The highest BCUT2D eigenvalue weighted by molar-refractivity contribution is 7.48. The molecule has 5 heteroatoms. The molecule has 0 aromatic heterocycles. The zero-order valence-corrected chi connectivity index (χ0v) is 10.8. The summed E-state index contributed by atoms with van der Waals surface area (Å²) in [5.74, 6) is 0.942. The Morgan fingerprint density at radius 2 is 1.41 bits per heavy atom. The summed E-state index contributed by atoms with van der Waals surface area (Å²) in [6.45, 7) is 0. The first kappa shape index (κ1) is 12.7. The summed E-state index contributed by atoms with van der Waals surface area (Å²) in [6.07, 6.45) is 10.7. The third-order valence-electron chi connectivity index (χ3n) is 2.95. The first-order valence-electron chi connectivity index (χ1n) is 6.23. The van der Waals surface area contributed by atoms with E-state index in [1.807, 2.05) is 0 Å². The van der Waals surface area contributed by atoms with Gasteiger partial charge >= 0.3 is 7.91 Å². The fourth-order valence-corrected chi connectivity index (χ4v) is 3.01. The summed E-state index contributed by atoms with van der Waals surface area (Å²) >= 11 is 0. The van der Waals surface area contributed by atoms with Gasteiger partial charge in [-0.2, -0.15) is 0 Å². The lowest BCUT2D eigenvalue weighted by atomic mass is 10.1. The van der Waals surface area contributed by atoms with Gasteiger partial charge in [-0.1, -0.05) is 0 Å². The fourth-order valence-electron chi connectivity index (χ4n) is 2.08. The van der Waals surface area contributed by atoms with E-state index in [0.717, 1.165) is 38.5 Å². The van der Waals surface area contributed by atoms with Gasteiger partial charge in [-0.3, -0.25) is 0 Å². The second-order valence-corrected chi connectivity index (χ2v) is 5.67. The van der Waals surface area contributed by atoms with Crippen molar-refractivity contribution in [2.75, 3.05) is 0 Å². The monoisotopic (exact) mass is 260 g/mol. The molecule has 0 aromatic rings. The van der Waals surface area contributed by atoms with Crippen LogP contribution in [-0.4, -0.2) is 0 Å². The molecule has 0 bridgehead atoms. The lowest BCUT2D eigenvalue weighted by Crippen LogP contribution is -1.99. The normalized spacial score (nSPS) is 21.5. The van der Waals surface area contributed by atoms with Crippen LogP contribution in [0.4, 0.5) is 4.20 Å². The van der Waals surface area contributed by atoms with Gasteiger partial charge in [0, 0.05) is 12.8 Å². The van der Waals surface area contributed by atoms with E-state index in [0.29, 0.717) is 24.4 Å². The topological polar surface area (TPSA) is 35.5 Å². The Morgan fingerprint density at radius 1 is 0.941 bits per heavy atom. The number of rotatable bonds is 4. The van der Waals surface area contributed by atoms with E-state index in [-0.39, 0.29) is 0 Å². The van der Waals surface area contributed by atoms with Crippen LogP contribution in [0.25, 0.3) is 0 Å². The van der Waals surface area contributed by atoms with Gasteiger partial charge in [0.15, 0.2) is 0 Å². The fraction of sp³-hybridized carbons (Fsp3) is 0.667. The Balaban J connectivity index is 1.91. The van der Waals surface area contributed by atoms with E-state index >= 15 is 0 Å². The van der Waals surface area contributed by atoms with Crippen LogP contribution < -0.4 is 0 Å². The maximum Gasteiger partial charge on any atom is 0.628 e. The molecule has 0 spiro atoms. The summed E-state index contributed by atoms with van der Waals surface area (Å²) in [4.78, 5) is 0. The molecule has 0 radical (unpaired) electrons. The van der Waals surface area contributed by atoms with Gasteiger partial charge in [0.2, 0.25) is 0 Å². The average molecular weight is 260 g/mol. The van der Waals surface area contributed by atoms with E-state index in [1.54, 1.807) is 12.2 Å². The van der Waals surface area contributed by atoms with Gasteiger partial charge in [-0.05, 0) is 50.7 Å². The lowest BCUT2D eigenvalue weighted by molar-refractivity contribution is 0.232. The molecule has 96 valence electrons. The van der Waals surface area contributed by atoms with Crippen molar-refractivity contribution in [1.82, 2.24) is 0 Å². The Labute approximate surface area is 101 Å². The number of hydrogen-bond acceptors (Lipinski definition) is 3. The molecule has 0 saturated carbocycles. The van der Waals surface area contributed by atoms with Gasteiger partial charge in [0.1, 0.15) is 11.5 Å². The summed E-state index contributed by atoms with van der Waals surface area (Å²) in [6, 6.07) is 0. The molecule has 0 aliphatic heterocycles. The second kappa shape index (κ2) is 5.72. The van der Waals surface area contributed by atoms with Gasteiger partial charge < -0.3 is 9.05 Å². The van der Waals surface area contributed by atoms with Gasteiger partial charge in [0.05, 0.1) is 0 Å². The lowest BCUT2D eigenvalue weighted by Gasteiger charge is -2.19. The predicted octanol–water partition coefficient (Wildman–Crippen LogP) is 5.01. The third kappa shape index (κ3) is 4.19. The Hall–Kier alpha value is -0.760. The highest BCUT2D eigenvalue weighted by Gasteiger charge is 2.30. The van der Waals surface area contributed by atoms with Crippen molar-refractivity contribution in [3.8, 4) is 0 Å². The molecule has 0 heterocycles. The minimum absolute atomic E-state index is 0.471. The molecule has 0 fully saturated rings. The van der Waals surface area contributed by atoms with Gasteiger partial charge in [-0.15, -0.1) is 4.20 Å². The molecular weight excluding hydrogens is 242 g/mol. The second-order valence-electron chi connectivity index (χ2n) is 4.45. The SMILES string of the molecule is O=P(F)(OC1=CCCCC1)OC1=CCCCC1. The minimum Gasteiger partial charge on any atom is -0.397 e. The van der Waals surface area contributed by atoms with Crippen LogP contribution in [0.2, 0.25) is 0 Å². The van der Waals surface area contributed by atoms with Crippen molar-refractivity contribution in [3.63, 3.8) is 0 Å². The van der Waals surface area contributed by atoms with E-state index in [1.165, 1.54) is 0 Å². The summed E-state index contributed by atoms with van der Waals surface area (Å²) in [5.41, 5.74) is 0. The number of allylic oxidation sites excluding steroid dienone is 4. The van der Waals surface area contributed by atoms with E-state index < -0.39 is 7.91 Å². The molecule has 0 atom stereocenters. The van der Waals surface area contributed by atoms with Crippen LogP contribution in [0.15, 0.2) is 23.7 Å². The van der Waals surface area contributed by atoms with Gasteiger partial charge in [-0.25, -0.2) is 4.57 Å². The summed E-state index contributed by atoms with van der Waals surface area (Å²) in [5, 5.41) is 0. The number of hydrogen-bond donors (Lipinski definition) is 0. The highest BCUT2D eigenvalue weighted by Crippen LogP contribution is 2.55. The Kier molecular flexibility index (Phi) is 4.27. The van der Waals surface area contributed by atoms with Crippen molar-refractivity contribution in [2.24, 2.45) is 0 Å². The highest BCUT2D eigenvalue weighted by atomic mass is 31.2. The standard InChI is InChI=1S/C12H18FO3P/c13-17(14,15-11-7-3-1-4-8-11)16-12-9-5-2-6-10-12/h7,9H,1-6,8,10H2. The summed E-state index contributed by atoms with van der Waals surface area (Å²) < 4.78 is 35.0. The maximum absolute atomic E-state index is 13.7. The van der Waals surface area contributed by atoms with Crippen LogP contribution >= 0.6 is 7.91 Å². The van der Waals surface area contributed by atoms with Crippen molar-refractivity contribution < 1.29 is 17.8 Å². The predicted molar refractivity (Wildman–Crippen MR) is 64.0 cm³/mol. The minimum atomic E-state index is -4.47. The van der Waals surface area contributed by atoms with Gasteiger partial charge in [0.25, 0.3) is 0 Å². The average Bonchev–Trinajstić information content (AvgIpc) is 2.30. The van der Waals surface area contributed by atoms with Crippen LogP contribution in [0, 0.1) is 0 Å². The molecule has 0 unspecified atom stereocenters. The zero-order chi connectivity index (χ0) is 12.1. The first-order chi connectivity index (χ1) is 8.16. The van der Waals surface area contributed by atoms with Crippen LogP contribution in [0.5, 0.6) is 0 Å². The van der Waals surface area contributed by atoms with Crippen molar-refractivity contribution in [2.45, 2.75) is 51.4 Å². The zero-order valence-electron chi connectivity index (χ0n) is 9.86. The molecule has 2 aliphatic rings. The quantitative estimate of drug-likeness (QED) is 0.666. The first-order valence-corrected chi connectivity index (χ1v) is 7.66. The van der Waals surface area contributed by atoms with Crippen LogP contribution in [0.1, 0.15) is 51.4 Å². The molecule has 0 amide bonds. The van der Waals surface area contributed by atoms with Crippen LogP contribution in [-0.2, 0) is 13.6 Å². The van der Waals surface area contributed by atoms with E-state index in [9.17, 15) is 8.76 Å². The molecule has 0 N–H and O–H groups in total. The molecule has 17 heavy (non-hydrogen) atoms.